The van der Waals surface area contributed by atoms with Crippen LogP contribution in [-0.4, -0.2) is 10.6 Å². The normalized spacial score (nSPS) is 11.8. The van der Waals surface area contributed by atoms with E-state index in [1.54, 1.807) is 36.4 Å². The van der Waals surface area contributed by atoms with E-state index in [1.807, 2.05) is 19.9 Å². The average Bonchev–Trinajstić information content (AvgIpc) is 2.40. The molecule has 1 atom stereocenters. The minimum atomic E-state index is -1.60. The van der Waals surface area contributed by atoms with Crippen molar-refractivity contribution < 1.29 is 9.35 Å². The molecule has 1 unspecified atom stereocenters. The molecule has 6 heteroatoms. The number of hydrogen-bond acceptors (Lipinski definition) is 2. The Labute approximate surface area is 131 Å². The van der Waals surface area contributed by atoms with Crippen LogP contribution in [-0.2, 0) is 11.4 Å². The van der Waals surface area contributed by atoms with E-state index >= 15 is 0 Å². The summed E-state index contributed by atoms with van der Waals surface area (Å²) >= 11 is 4.17. The number of amides is 2. The summed E-state index contributed by atoms with van der Waals surface area (Å²) in [6, 6.07) is 11.7. The van der Waals surface area contributed by atoms with Gasteiger partial charge in [0.2, 0.25) is 0 Å². The molecule has 2 aromatic rings. The first-order valence-electron chi connectivity index (χ1n) is 6.27. The number of benzene rings is 2. The summed E-state index contributed by atoms with van der Waals surface area (Å²) < 4.78 is 14.5. The van der Waals surface area contributed by atoms with Gasteiger partial charge in [-0.2, -0.15) is 0 Å². The molecule has 0 aliphatic carbocycles. The second kappa shape index (κ2) is 6.85. The Bertz CT molecular complexity index is 626. The molecule has 0 fully saturated rings. The van der Waals surface area contributed by atoms with E-state index < -0.39 is 17.4 Å². The van der Waals surface area contributed by atoms with Crippen molar-refractivity contribution in [2.24, 2.45) is 0 Å². The monoisotopic (exact) mass is 322 g/mol. The lowest BCUT2D eigenvalue weighted by Gasteiger charge is -2.12. The second-order valence-corrected chi connectivity index (χ2v) is 6.30. The first kappa shape index (κ1) is 15.7. The van der Waals surface area contributed by atoms with E-state index in [0.717, 1.165) is 11.1 Å². The third kappa shape index (κ3) is 4.67. The number of halogens is 1. The molecule has 2 amide bonds. The van der Waals surface area contributed by atoms with Gasteiger partial charge in [-0.1, -0.05) is 17.7 Å². The van der Waals surface area contributed by atoms with Gasteiger partial charge in [0.05, 0.1) is 0 Å². The fourth-order valence-corrected chi connectivity index (χ4v) is 2.92. The van der Waals surface area contributed by atoms with E-state index in [1.165, 1.54) is 0 Å². The van der Waals surface area contributed by atoms with E-state index in [9.17, 15) is 9.35 Å². The van der Waals surface area contributed by atoms with Gasteiger partial charge in [-0.3, -0.25) is 0 Å². The van der Waals surface area contributed by atoms with Crippen LogP contribution in [0.15, 0.2) is 47.4 Å². The SMILES string of the molecule is Cc1cc(C)cc([S+]([O-])NC(=O)Nc2ccc(Cl)cc2)c1. The summed E-state index contributed by atoms with van der Waals surface area (Å²) in [7, 11) is 0. The van der Waals surface area contributed by atoms with Crippen LogP contribution in [0.3, 0.4) is 0 Å². The summed E-state index contributed by atoms with van der Waals surface area (Å²) in [5.74, 6) is 0. The molecule has 0 heterocycles. The van der Waals surface area contributed by atoms with Gasteiger partial charge in [-0.15, -0.1) is 4.72 Å². The Balaban J connectivity index is 2.00. The van der Waals surface area contributed by atoms with Crippen molar-refractivity contribution >= 4 is 34.7 Å². The van der Waals surface area contributed by atoms with E-state index in [2.05, 4.69) is 10.0 Å². The maximum absolute atomic E-state index is 12.1. The smallest absolute Gasteiger partial charge is 0.361 e. The number of rotatable bonds is 3. The van der Waals surface area contributed by atoms with E-state index in [-0.39, 0.29) is 0 Å². The molecule has 0 aliphatic rings. The van der Waals surface area contributed by atoms with Gasteiger partial charge in [0.1, 0.15) is 11.4 Å². The van der Waals surface area contributed by atoms with Gasteiger partial charge in [0.15, 0.2) is 4.90 Å². The zero-order valence-electron chi connectivity index (χ0n) is 11.6. The molecular formula is C15H15ClN2O2S. The zero-order valence-corrected chi connectivity index (χ0v) is 13.2. The van der Waals surface area contributed by atoms with Crippen molar-refractivity contribution in [3.05, 3.63) is 58.6 Å². The van der Waals surface area contributed by atoms with Crippen LogP contribution in [0.25, 0.3) is 0 Å². The minimum absolute atomic E-state index is 0.533. The lowest BCUT2D eigenvalue weighted by Crippen LogP contribution is -2.34. The summed E-state index contributed by atoms with van der Waals surface area (Å²) in [6.45, 7) is 3.84. The van der Waals surface area contributed by atoms with Crippen LogP contribution in [0.4, 0.5) is 10.5 Å². The van der Waals surface area contributed by atoms with Gasteiger partial charge < -0.3 is 9.87 Å². The molecule has 0 saturated heterocycles. The predicted molar refractivity (Wildman–Crippen MR) is 85.9 cm³/mol. The highest BCUT2D eigenvalue weighted by molar-refractivity contribution is 7.90. The van der Waals surface area contributed by atoms with Crippen LogP contribution in [0.1, 0.15) is 11.1 Å². The lowest BCUT2D eigenvalue weighted by molar-refractivity contribution is 0.256. The van der Waals surface area contributed by atoms with Crippen LogP contribution >= 0.6 is 11.6 Å². The highest BCUT2D eigenvalue weighted by Gasteiger charge is 2.16. The Kier molecular flexibility index (Phi) is 5.12. The maximum atomic E-state index is 12.1. The number of nitrogens with one attached hydrogen (secondary N) is 2. The first-order valence-corrected chi connectivity index (χ1v) is 7.80. The molecule has 0 aliphatic heterocycles. The highest BCUT2D eigenvalue weighted by atomic mass is 35.5. The van der Waals surface area contributed by atoms with Crippen molar-refractivity contribution in [1.82, 2.24) is 4.72 Å². The van der Waals surface area contributed by atoms with Crippen LogP contribution in [0.2, 0.25) is 5.02 Å². The third-order valence-electron chi connectivity index (χ3n) is 2.70. The summed E-state index contributed by atoms with van der Waals surface area (Å²) in [4.78, 5) is 12.4. The molecule has 0 spiro atoms. The van der Waals surface area contributed by atoms with Gasteiger partial charge in [0, 0.05) is 10.7 Å². The van der Waals surface area contributed by atoms with E-state index in [0.29, 0.717) is 15.6 Å². The van der Waals surface area contributed by atoms with Gasteiger partial charge in [0.25, 0.3) is 0 Å². The zero-order chi connectivity index (χ0) is 15.4. The molecule has 0 aromatic heterocycles. The van der Waals surface area contributed by atoms with E-state index in [4.69, 9.17) is 11.6 Å². The largest absolute Gasteiger partial charge is 0.588 e. The molecule has 4 nitrogen and oxygen atoms in total. The van der Waals surface area contributed by atoms with Gasteiger partial charge in [-0.25, -0.2) is 4.79 Å². The summed E-state index contributed by atoms with van der Waals surface area (Å²) in [5, 5.41) is 3.18. The van der Waals surface area contributed by atoms with Crippen molar-refractivity contribution in [3.8, 4) is 0 Å². The number of carbonyl (C=O) groups excluding carboxylic acids is 1. The fourth-order valence-electron chi connectivity index (χ4n) is 1.87. The van der Waals surface area contributed by atoms with Gasteiger partial charge >= 0.3 is 6.03 Å². The average molecular weight is 323 g/mol. The maximum Gasteiger partial charge on any atom is 0.361 e. The number of aryl methyl sites for hydroxylation is 2. The second-order valence-electron chi connectivity index (χ2n) is 4.66. The van der Waals surface area contributed by atoms with Crippen molar-refractivity contribution in [2.45, 2.75) is 18.7 Å². The van der Waals surface area contributed by atoms with Crippen molar-refractivity contribution in [2.75, 3.05) is 5.32 Å². The predicted octanol–water partition coefficient (Wildman–Crippen LogP) is 3.80. The molecule has 0 bridgehead atoms. The number of carbonyl (C=O) groups is 1. The van der Waals surface area contributed by atoms with Crippen molar-refractivity contribution in [1.29, 1.82) is 0 Å². The number of hydrogen-bond donors (Lipinski definition) is 2. The van der Waals surface area contributed by atoms with Crippen LogP contribution < -0.4 is 10.0 Å². The fraction of sp³-hybridized carbons (Fsp3) is 0.133. The Hall–Kier alpha value is -1.69. The standard InChI is InChI=1S/C15H15ClN2O2S/c1-10-7-11(2)9-14(8-10)21(20)18-15(19)17-13-5-3-12(16)4-6-13/h3-9H,1-2H3,(H2,17,18,19). The highest BCUT2D eigenvalue weighted by Crippen LogP contribution is 2.15. The Morgan fingerprint density at radius 2 is 1.67 bits per heavy atom. The molecular weight excluding hydrogens is 308 g/mol. The Morgan fingerprint density at radius 3 is 2.24 bits per heavy atom. The Morgan fingerprint density at radius 1 is 1.10 bits per heavy atom. The number of urea groups is 1. The molecule has 110 valence electrons. The lowest BCUT2D eigenvalue weighted by atomic mass is 10.2. The molecule has 0 saturated carbocycles. The molecule has 21 heavy (non-hydrogen) atoms. The number of anilines is 1. The summed E-state index contributed by atoms with van der Waals surface area (Å²) in [6.07, 6.45) is 0. The van der Waals surface area contributed by atoms with Gasteiger partial charge in [-0.05, 0) is 61.4 Å². The molecule has 2 rings (SSSR count). The quantitative estimate of drug-likeness (QED) is 0.844. The van der Waals surface area contributed by atoms with Crippen LogP contribution in [0.5, 0.6) is 0 Å². The molecule has 2 N–H and O–H groups in total. The summed E-state index contributed by atoms with van der Waals surface area (Å²) in [5.41, 5.74) is 2.57. The first-order chi connectivity index (χ1) is 9.94. The molecule has 0 radical (unpaired) electrons. The van der Waals surface area contributed by atoms with Crippen molar-refractivity contribution in [3.63, 3.8) is 0 Å². The van der Waals surface area contributed by atoms with Crippen LogP contribution in [0, 0.1) is 13.8 Å². The molecule has 2 aromatic carbocycles. The third-order valence-corrected chi connectivity index (χ3v) is 3.98. The topological polar surface area (TPSA) is 64.2 Å². The minimum Gasteiger partial charge on any atom is -0.588 e.